The quantitative estimate of drug-likeness (QED) is 0.712. The summed E-state index contributed by atoms with van der Waals surface area (Å²) in [5.41, 5.74) is 2.68. The van der Waals surface area contributed by atoms with E-state index in [9.17, 15) is 0 Å². The summed E-state index contributed by atoms with van der Waals surface area (Å²) >= 11 is 0. The van der Waals surface area contributed by atoms with Gasteiger partial charge in [-0.15, -0.1) is 0 Å². The third kappa shape index (κ3) is 4.32. The molecule has 0 unspecified atom stereocenters. The van der Waals surface area contributed by atoms with Crippen LogP contribution in [0.5, 0.6) is 0 Å². The number of aryl methyl sites for hydroxylation is 1. The molecule has 1 aliphatic heterocycles. The van der Waals surface area contributed by atoms with Crippen molar-refractivity contribution in [2.24, 2.45) is 0 Å². The lowest BCUT2D eigenvalue weighted by molar-refractivity contribution is -0.135. The molecule has 0 bridgehead atoms. The van der Waals surface area contributed by atoms with E-state index in [1.165, 1.54) is 36.8 Å². The van der Waals surface area contributed by atoms with Crippen LogP contribution in [0.2, 0.25) is 0 Å². The minimum absolute atomic E-state index is 0.118. The van der Waals surface area contributed by atoms with Crippen molar-refractivity contribution in [3.8, 4) is 0 Å². The molecule has 1 heterocycles. The van der Waals surface area contributed by atoms with E-state index in [-0.39, 0.29) is 12.2 Å². The highest BCUT2D eigenvalue weighted by Crippen LogP contribution is 2.24. The fourth-order valence-corrected chi connectivity index (χ4v) is 2.45. The smallest absolute Gasteiger partial charge is 0.106 e. The molecular formula is C17H26O2. The topological polar surface area (TPSA) is 18.5 Å². The van der Waals surface area contributed by atoms with Gasteiger partial charge in [0.05, 0.1) is 19.3 Å². The Kier molecular flexibility index (Phi) is 5.87. The summed E-state index contributed by atoms with van der Waals surface area (Å²) in [6.45, 7) is 5.79. The van der Waals surface area contributed by atoms with Crippen molar-refractivity contribution in [2.45, 2.75) is 58.2 Å². The molecule has 2 rings (SSSR count). The monoisotopic (exact) mass is 262 g/mol. The molecule has 1 aromatic rings. The molecule has 2 heteroatoms. The fourth-order valence-electron chi connectivity index (χ4n) is 2.45. The van der Waals surface area contributed by atoms with Crippen LogP contribution in [0.1, 0.15) is 56.8 Å². The van der Waals surface area contributed by atoms with Crippen molar-refractivity contribution in [1.29, 1.82) is 0 Å². The second-order valence-corrected chi connectivity index (χ2v) is 5.38. The molecule has 1 aromatic carbocycles. The first-order valence-electron chi connectivity index (χ1n) is 7.65. The Morgan fingerprint density at radius 1 is 1.00 bits per heavy atom. The highest BCUT2D eigenvalue weighted by Gasteiger charge is 2.22. The Morgan fingerprint density at radius 2 is 1.79 bits per heavy atom. The van der Waals surface area contributed by atoms with Crippen LogP contribution in [0, 0.1) is 0 Å². The molecule has 106 valence electrons. The van der Waals surface area contributed by atoms with Gasteiger partial charge in [-0.25, -0.2) is 0 Å². The van der Waals surface area contributed by atoms with Gasteiger partial charge in [0.1, 0.15) is 6.10 Å². The third-order valence-electron chi connectivity index (χ3n) is 3.84. The van der Waals surface area contributed by atoms with E-state index >= 15 is 0 Å². The molecule has 0 aliphatic carbocycles. The Hall–Kier alpha value is -0.860. The first-order chi connectivity index (χ1) is 9.33. The summed E-state index contributed by atoms with van der Waals surface area (Å²) in [5, 5.41) is 0. The molecule has 19 heavy (non-hydrogen) atoms. The van der Waals surface area contributed by atoms with Crippen LogP contribution in [0.25, 0.3) is 0 Å². The fraction of sp³-hybridized carbons (Fsp3) is 0.647. The molecule has 0 aromatic heterocycles. The van der Waals surface area contributed by atoms with Crippen LogP contribution < -0.4 is 0 Å². The van der Waals surface area contributed by atoms with E-state index in [1.807, 2.05) is 0 Å². The van der Waals surface area contributed by atoms with Gasteiger partial charge in [-0.1, -0.05) is 51.0 Å². The summed E-state index contributed by atoms with van der Waals surface area (Å²) in [6, 6.07) is 8.86. The van der Waals surface area contributed by atoms with Crippen LogP contribution in [-0.4, -0.2) is 19.3 Å². The van der Waals surface area contributed by atoms with Crippen LogP contribution in [0.15, 0.2) is 24.3 Å². The number of hydrogen-bond donors (Lipinski definition) is 0. The zero-order valence-corrected chi connectivity index (χ0v) is 12.2. The summed E-state index contributed by atoms with van der Waals surface area (Å²) in [7, 11) is 0. The lowest BCUT2D eigenvalue weighted by Gasteiger charge is -2.29. The average Bonchev–Trinajstić information content (AvgIpc) is 2.48. The lowest BCUT2D eigenvalue weighted by Crippen LogP contribution is -2.30. The van der Waals surface area contributed by atoms with Crippen molar-refractivity contribution in [2.75, 3.05) is 13.2 Å². The molecule has 0 spiro atoms. The van der Waals surface area contributed by atoms with Gasteiger partial charge in [-0.05, 0) is 30.4 Å². The third-order valence-corrected chi connectivity index (χ3v) is 3.84. The van der Waals surface area contributed by atoms with Crippen molar-refractivity contribution < 1.29 is 9.47 Å². The number of benzene rings is 1. The van der Waals surface area contributed by atoms with E-state index in [2.05, 4.69) is 38.1 Å². The van der Waals surface area contributed by atoms with Gasteiger partial charge in [0.15, 0.2) is 0 Å². The number of ether oxygens (including phenoxy) is 2. The molecule has 0 radical (unpaired) electrons. The summed E-state index contributed by atoms with van der Waals surface area (Å²) in [5.74, 6) is 0. The minimum Gasteiger partial charge on any atom is -0.373 e. The Morgan fingerprint density at radius 3 is 2.37 bits per heavy atom. The van der Waals surface area contributed by atoms with Gasteiger partial charge in [-0.3, -0.25) is 0 Å². The maximum Gasteiger partial charge on any atom is 0.106 e. The lowest BCUT2D eigenvalue weighted by atomic mass is 10.0. The van der Waals surface area contributed by atoms with Crippen LogP contribution in [0.3, 0.4) is 0 Å². The highest BCUT2D eigenvalue weighted by molar-refractivity contribution is 5.24. The SMILES string of the molecule is CCCCCc1ccc([C@@H]2CO[C@@H](CC)CO2)cc1. The standard InChI is InChI=1S/C17H26O2/c1-3-5-6-7-14-8-10-15(11-9-14)17-13-18-16(4-2)12-19-17/h8-11,16-17H,3-7,12-13H2,1-2H3/t16-,17-/m0/s1. The minimum atomic E-state index is 0.118. The van der Waals surface area contributed by atoms with Crippen molar-refractivity contribution in [1.82, 2.24) is 0 Å². The molecule has 1 saturated heterocycles. The first kappa shape index (κ1) is 14.5. The Balaban J connectivity index is 1.84. The molecule has 2 nitrogen and oxygen atoms in total. The van der Waals surface area contributed by atoms with E-state index in [1.54, 1.807) is 0 Å². The molecule has 0 N–H and O–H groups in total. The predicted octanol–water partition coefficient (Wildman–Crippen LogP) is 4.29. The Labute approximate surface area is 117 Å². The summed E-state index contributed by atoms with van der Waals surface area (Å²) in [6.07, 6.45) is 6.51. The van der Waals surface area contributed by atoms with Gasteiger partial charge in [0.2, 0.25) is 0 Å². The largest absolute Gasteiger partial charge is 0.373 e. The van der Waals surface area contributed by atoms with Gasteiger partial charge in [0.25, 0.3) is 0 Å². The normalized spacial score (nSPS) is 23.5. The van der Waals surface area contributed by atoms with Gasteiger partial charge in [0, 0.05) is 0 Å². The number of unbranched alkanes of at least 4 members (excludes halogenated alkanes) is 2. The number of rotatable bonds is 6. The van der Waals surface area contributed by atoms with Crippen LogP contribution in [0.4, 0.5) is 0 Å². The zero-order valence-electron chi connectivity index (χ0n) is 12.2. The summed E-state index contributed by atoms with van der Waals surface area (Å²) < 4.78 is 11.7. The zero-order chi connectivity index (χ0) is 13.5. The van der Waals surface area contributed by atoms with Crippen molar-refractivity contribution >= 4 is 0 Å². The number of hydrogen-bond acceptors (Lipinski definition) is 2. The van der Waals surface area contributed by atoms with E-state index in [4.69, 9.17) is 9.47 Å². The molecule has 0 saturated carbocycles. The second-order valence-electron chi connectivity index (χ2n) is 5.38. The van der Waals surface area contributed by atoms with Gasteiger partial charge >= 0.3 is 0 Å². The average molecular weight is 262 g/mol. The van der Waals surface area contributed by atoms with Crippen LogP contribution in [-0.2, 0) is 15.9 Å². The van der Waals surface area contributed by atoms with Crippen molar-refractivity contribution in [3.05, 3.63) is 35.4 Å². The maximum atomic E-state index is 5.88. The van der Waals surface area contributed by atoms with Crippen molar-refractivity contribution in [3.63, 3.8) is 0 Å². The highest BCUT2D eigenvalue weighted by atomic mass is 16.6. The first-order valence-corrected chi connectivity index (χ1v) is 7.65. The van der Waals surface area contributed by atoms with E-state index in [0.717, 1.165) is 13.0 Å². The van der Waals surface area contributed by atoms with E-state index in [0.29, 0.717) is 6.61 Å². The molecule has 2 atom stereocenters. The van der Waals surface area contributed by atoms with E-state index < -0.39 is 0 Å². The Bertz CT molecular complexity index is 350. The van der Waals surface area contributed by atoms with Crippen LogP contribution >= 0.6 is 0 Å². The molecule has 1 aliphatic rings. The summed E-state index contributed by atoms with van der Waals surface area (Å²) in [4.78, 5) is 0. The van der Waals surface area contributed by atoms with Gasteiger partial charge in [-0.2, -0.15) is 0 Å². The predicted molar refractivity (Wildman–Crippen MR) is 78.4 cm³/mol. The molecular weight excluding hydrogens is 236 g/mol. The maximum absolute atomic E-state index is 5.88. The van der Waals surface area contributed by atoms with Gasteiger partial charge < -0.3 is 9.47 Å². The molecule has 1 fully saturated rings. The second kappa shape index (κ2) is 7.66. The molecule has 0 amide bonds.